The maximum Gasteiger partial charge on any atom is 0.410 e. The summed E-state index contributed by atoms with van der Waals surface area (Å²) in [7, 11) is -3.44. The van der Waals surface area contributed by atoms with Crippen LogP contribution >= 0.6 is 0 Å². The molecule has 146 valence electrons. The van der Waals surface area contributed by atoms with Gasteiger partial charge < -0.3 is 20.1 Å². The molecule has 1 saturated heterocycles. The molecule has 1 amide bonds. The molecule has 0 radical (unpaired) electrons. The molecular formula is C18H28N2O5S. The van der Waals surface area contributed by atoms with Crippen LogP contribution in [0.15, 0.2) is 29.2 Å². The second-order valence-electron chi connectivity index (χ2n) is 7.39. The summed E-state index contributed by atoms with van der Waals surface area (Å²) in [5.41, 5.74) is 0.198. The van der Waals surface area contributed by atoms with Gasteiger partial charge in [-0.2, -0.15) is 0 Å². The number of anilines is 1. The minimum absolute atomic E-state index is 0.0102. The number of carbonyl (C=O) groups is 1. The Labute approximate surface area is 155 Å². The van der Waals surface area contributed by atoms with Crippen LogP contribution in [0.5, 0.6) is 0 Å². The number of piperidine rings is 1. The van der Waals surface area contributed by atoms with Crippen molar-refractivity contribution in [2.45, 2.75) is 49.4 Å². The van der Waals surface area contributed by atoms with E-state index in [0.717, 1.165) is 5.69 Å². The van der Waals surface area contributed by atoms with E-state index in [1.54, 1.807) is 49.9 Å². The first-order chi connectivity index (χ1) is 12.1. The molecule has 0 aromatic heterocycles. The van der Waals surface area contributed by atoms with E-state index in [4.69, 9.17) is 9.84 Å². The number of aliphatic hydroxyl groups excluding tert-OH is 1. The maximum absolute atomic E-state index is 12.8. The molecule has 2 N–H and O–H groups in total. The van der Waals surface area contributed by atoms with E-state index in [2.05, 4.69) is 5.32 Å². The van der Waals surface area contributed by atoms with E-state index in [1.165, 1.54) is 0 Å². The Morgan fingerprint density at radius 2 is 1.81 bits per heavy atom. The van der Waals surface area contributed by atoms with Crippen molar-refractivity contribution < 1.29 is 23.1 Å². The Morgan fingerprint density at radius 1 is 1.23 bits per heavy atom. The second-order valence-corrected chi connectivity index (χ2v) is 9.61. The molecule has 1 aromatic rings. The largest absolute Gasteiger partial charge is 0.444 e. The van der Waals surface area contributed by atoms with Gasteiger partial charge in [0.15, 0.2) is 9.84 Å². The first kappa shape index (κ1) is 20.5. The van der Waals surface area contributed by atoms with Crippen LogP contribution in [0.2, 0.25) is 0 Å². The number of aliphatic hydroxyl groups is 1. The Kier molecular flexibility index (Phi) is 6.52. The molecule has 26 heavy (non-hydrogen) atoms. The predicted molar refractivity (Wildman–Crippen MR) is 100 cm³/mol. The minimum Gasteiger partial charge on any atom is -0.444 e. The number of ether oxygens (including phenoxy) is 1. The van der Waals surface area contributed by atoms with Gasteiger partial charge in [0.1, 0.15) is 5.60 Å². The number of nitrogens with one attached hydrogen (secondary N) is 1. The Morgan fingerprint density at radius 3 is 2.31 bits per heavy atom. The van der Waals surface area contributed by atoms with Crippen molar-refractivity contribution in [3.05, 3.63) is 24.3 Å². The van der Waals surface area contributed by atoms with Crippen LogP contribution in [0.4, 0.5) is 10.5 Å². The number of amides is 1. The van der Waals surface area contributed by atoms with E-state index in [1.807, 2.05) is 0 Å². The number of hydrogen-bond donors (Lipinski definition) is 2. The highest BCUT2D eigenvalue weighted by Crippen LogP contribution is 2.26. The molecule has 7 nitrogen and oxygen atoms in total. The molecule has 1 aliphatic heterocycles. The lowest BCUT2D eigenvalue weighted by Gasteiger charge is -2.33. The quantitative estimate of drug-likeness (QED) is 0.808. The Hall–Kier alpha value is -1.80. The molecule has 0 bridgehead atoms. The van der Waals surface area contributed by atoms with Gasteiger partial charge in [-0.15, -0.1) is 0 Å². The number of carbonyl (C=O) groups excluding carboxylic acids is 1. The van der Waals surface area contributed by atoms with Gasteiger partial charge in [0, 0.05) is 25.3 Å². The van der Waals surface area contributed by atoms with Crippen molar-refractivity contribution >= 4 is 21.6 Å². The lowest BCUT2D eigenvalue weighted by atomic mass is 10.1. The number of hydrogen-bond acceptors (Lipinski definition) is 6. The fourth-order valence-electron chi connectivity index (χ4n) is 2.83. The summed E-state index contributed by atoms with van der Waals surface area (Å²) < 4.78 is 31.0. The van der Waals surface area contributed by atoms with Crippen LogP contribution in [0.1, 0.15) is 33.6 Å². The van der Waals surface area contributed by atoms with Crippen LogP contribution in [-0.2, 0) is 14.6 Å². The molecular weight excluding hydrogens is 356 g/mol. The highest BCUT2D eigenvalue weighted by molar-refractivity contribution is 7.92. The summed E-state index contributed by atoms with van der Waals surface area (Å²) in [5, 5.41) is 11.3. The first-order valence-corrected chi connectivity index (χ1v) is 10.3. The maximum atomic E-state index is 12.8. The average Bonchev–Trinajstić information content (AvgIpc) is 2.59. The summed E-state index contributed by atoms with van der Waals surface area (Å²) in [6.45, 7) is 6.58. The fraction of sp³-hybridized carbons (Fsp3) is 0.611. The number of sulfone groups is 1. The van der Waals surface area contributed by atoms with Gasteiger partial charge in [-0.1, -0.05) is 0 Å². The molecule has 1 aliphatic rings. The van der Waals surface area contributed by atoms with E-state index in [9.17, 15) is 13.2 Å². The predicted octanol–water partition coefficient (Wildman–Crippen LogP) is 2.26. The number of rotatable bonds is 5. The summed E-state index contributed by atoms with van der Waals surface area (Å²) in [6.07, 6.45) is 0.394. The summed E-state index contributed by atoms with van der Waals surface area (Å²) in [6, 6.07) is 6.54. The molecule has 8 heteroatoms. The summed E-state index contributed by atoms with van der Waals surface area (Å²) in [5.74, 6) is 0. The monoisotopic (exact) mass is 384 g/mol. The number of benzene rings is 1. The van der Waals surface area contributed by atoms with Crippen LogP contribution < -0.4 is 5.32 Å². The molecule has 2 rings (SSSR count). The van der Waals surface area contributed by atoms with Crippen molar-refractivity contribution in [1.29, 1.82) is 0 Å². The van der Waals surface area contributed by atoms with E-state index < -0.39 is 26.8 Å². The Bertz CT molecular complexity index is 702. The van der Waals surface area contributed by atoms with Crippen LogP contribution in [0, 0.1) is 0 Å². The van der Waals surface area contributed by atoms with Gasteiger partial charge in [0.2, 0.25) is 0 Å². The standard InChI is InChI=1S/C18H28N2O5S/c1-18(2,3)25-17(22)20-11-8-16(9-12-20)26(23,24)15-6-4-14(5-7-15)19-10-13-21/h4-7,16,19,21H,8-13H2,1-3H3. The average molecular weight is 384 g/mol. The molecule has 1 heterocycles. The van der Waals surface area contributed by atoms with Crippen molar-refractivity contribution in [2.75, 3.05) is 31.6 Å². The van der Waals surface area contributed by atoms with Crippen LogP contribution in [0.3, 0.4) is 0 Å². The zero-order valence-corrected chi connectivity index (χ0v) is 16.4. The number of likely N-dealkylation sites (tertiary alicyclic amines) is 1. The number of nitrogens with zero attached hydrogens (tertiary/aromatic N) is 1. The van der Waals surface area contributed by atoms with Gasteiger partial charge in [0.05, 0.1) is 16.8 Å². The molecule has 0 unspecified atom stereocenters. The Balaban J connectivity index is 1.98. The molecule has 0 spiro atoms. The minimum atomic E-state index is -3.44. The lowest BCUT2D eigenvalue weighted by molar-refractivity contribution is 0.0217. The smallest absolute Gasteiger partial charge is 0.410 e. The normalized spacial score (nSPS) is 16.4. The third-order valence-electron chi connectivity index (χ3n) is 4.16. The van der Waals surface area contributed by atoms with Gasteiger partial charge >= 0.3 is 6.09 Å². The molecule has 1 fully saturated rings. The second kappa shape index (κ2) is 8.26. The van der Waals surface area contributed by atoms with Crippen LogP contribution in [-0.4, -0.2) is 61.6 Å². The summed E-state index contributed by atoms with van der Waals surface area (Å²) in [4.78, 5) is 13.9. The molecule has 1 aromatic carbocycles. The zero-order valence-electron chi connectivity index (χ0n) is 15.6. The van der Waals surface area contributed by atoms with Gasteiger partial charge in [0.25, 0.3) is 0 Å². The van der Waals surface area contributed by atoms with Gasteiger partial charge in [-0.3, -0.25) is 0 Å². The van der Waals surface area contributed by atoms with E-state index in [0.29, 0.717) is 32.5 Å². The fourth-order valence-corrected chi connectivity index (χ4v) is 4.56. The van der Waals surface area contributed by atoms with Crippen molar-refractivity contribution in [3.63, 3.8) is 0 Å². The highest BCUT2D eigenvalue weighted by atomic mass is 32.2. The molecule has 0 saturated carbocycles. The molecule has 0 atom stereocenters. The lowest BCUT2D eigenvalue weighted by Crippen LogP contribution is -2.44. The van der Waals surface area contributed by atoms with E-state index in [-0.39, 0.29) is 11.5 Å². The van der Waals surface area contributed by atoms with Crippen LogP contribution in [0.25, 0.3) is 0 Å². The topological polar surface area (TPSA) is 95.9 Å². The van der Waals surface area contributed by atoms with E-state index >= 15 is 0 Å². The third-order valence-corrected chi connectivity index (χ3v) is 6.43. The molecule has 0 aliphatic carbocycles. The van der Waals surface area contributed by atoms with Gasteiger partial charge in [-0.25, -0.2) is 13.2 Å². The van der Waals surface area contributed by atoms with Crippen molar-refractivity contribution in [1.82, 2.24) is 4.90 Å². The van der Waals surface area contributed by atoms with Crippen molar-refractivity contribution in [3.8, 4) is 0 Å². The first-order valence-electron chi connectivity index (χ1n) is 8.80. The van der Waals surface area contributed by atoms with Crippen molar-refractivity contribution in [2.24, 2.45) is 0 Å². The van der Waals surface area contributed by atoms with Gasteiger partial charge in [-0.05, 0) is 57.9 Å². The zero-order chi connectivity index (χ0) is 19.4. The third kappa shape index (κ3) is 5.35. The highest BCUT2D eigenvalue weighted by Gasteiger charge is 2.34. The summed E-state index contributed by atoms with van der Waals surface area (Å²) >= 11 is 0. The SMILES string of the molecule is CC(C)(C)OC(=O)N1CCC(S(=O)(=O)c2ccc(NCCO)cc2)CC1.